The second-order valence-corrected chi connectivity index (χ2v) is 6.28. The van der Waals surface area contributed by atoms with Crippen LogP contribution in [0, 0.1) is 5.82 Å². The Morgan fingerprint density at radius 1 is 0.917 bits per heavy atom. The minimum atomic E-state index is -0.179. The van der Waals surface area contributed by atoms with E-state index in [2.05, 4.69) is 33.0 Å². The largest absolute Gasteiger partial charge is 0.369 e. The number of rotatable bonds is 3. The van der Waals surface area contributed by atoms with E-state index in [4.69, 9.17) is 0 Å². The van der Waals surface area contributed by atoms with Gasteiger partial charge in [0.2, 0.25) is 0 Å². The molecule has 1 saturated heterocycles. The lowest BCUT2D eigenvalue weighted by Crippen LogP contribution is -2.45. The van der Waals surface area contributed by atoms with Gasteiger partial charge in [-0.3, -0.25) is 9.88 Å². The normalized spacial score (nSPS) is 15.8. The summed E-state index contributed by atoms with van der Waals surface area (Å²) in [4.78, 5) is 9.31. The van der Waals surface area contributed by atoms with Gasteiger partial charge in [0, 0.05) is 50.0 Å². The number of anilines is 1. The van der Waals surface area contributed by atoms with Crippen LogP contribution in [0.2, 0.25) is 0 Å². The zero-order chi connectivity index (χ0) is 16.4. The highest BCUT2D eigenvalue weighted by molar-refractivity contribution is 5.78. The number of pyridine rings is 1. The molecule has 0 aliphatic carbocycles. The van der Waals surface area contributed by atoms with Gasteiger partial charge < -0.3 is 4.90 Å². The van der Waals surface area contributed by atoms with Crippen molar-refractivity contribution in [1.29, 1.82) is 0 Å². The molecule has 24 heavy (non-hydrogen) atoms. The molecule has 1 aromatic heterocycles. The van der Waals surface area contributed by atoms with Gasteiger partial charge in [0.25, 0.3) is 0 Å². The number of benzene rings is 2. The van der Waals surface area contributed by atoms with Crippen LogP contribution < -0.4 is 4.90 Å². The molecule has 0 unspecified atom stereocenters. The van der Waals surface area contributed by atoms with Crippen molar-refractivity contribution in [1.82, 2.24) is 9.88 Å². The molecule has 3 nitrogen and oxygen atoms in total. The highest BCUT2D eigenvalue weighted by Crippen LogP contribution is 2.19. The number of hydrogen-bond acceptors (Lipinski definition) is 3. The number of para-hydroxylation sites is 1. The van der Waals surface area contributed by atoms with Crippen LogP contribution >= 0.6 is 0 Å². The summed E-state index contributed by atoms with van der Waals surface area (Å²) in [6.07, 6.45) is 1.98. The Morgan fingerprint density at radius 2 is 1.67 bits per heavy atom. The highest BCUT2D eigenvalue weighted by Gasteiger charge is 2.17. The van der Waals surface area contributed by atoms with Crippen molar-refractivity contribution in [3.8, 4) is 0 Å². The van der Waals surface area contributed by atoms with Crippen LogP contribution in [0.3, 0.4) is 0 Å². The van der Waals surface area contributed by atoms with Crippen LogP contribution in [0.15, 0.2) is 60.8 Å². The van der Waals surface area contributed by atoms with Crippen molar-refractivity contribution in [3.63, 3.8) is 0 Å². The van der Waals surface area contributed by atoms with Gasteiger partial charge in [0.05, 0.1) is 5.52 Å². The second-order valence-electron chi connectivity index (χ2n) is 6.28. The molecule has 0 spiro atoms. The van der Waals surface area contributed by atoms with Crippen LogP contribution in [0.1, 0.15) is 5.56 Å². The number of piperazine rings is 1. The van der Waals surface area contributed by atoms with Crippen molar-refractivity contribution in [2.24, 2.45) is 0 Å². The topological polar surface area (TPSA) is 19.4 Å². The van der Waals surface area contributed by atoms with E-state index < -0.39 is 0 Å². The van der Waals surface area contributed by atoms with E-state index in [-0.39, 0.29) is 5.82 Å². The Hall–Kier alpha value is -2.46. The predicted octanol–water partition coefficient (Wildman–Crippen LogP) is 3.70. The third-order valence-electron chi connectivity index (χ3n) is 4.62. The SMILES string of the molecule is Fc1ccc(N2CCN(Cc3cnc4ccccc4c3)CC2)cc1. The minimum absolute atomic E-state index is 0.179. The Bertz CT molecular complexity index is 824. The molecule has 0 saturated carbocycles. The summed E-state index contributed by atoms with van der Waals surface area (Å²) in [6, 6.07) is 17.2. The van der Waals surface area contributed by atoms with Gasteiger partial charge in [-0.25, -0.2) is 4.39 Å². The summed E-state index contributed by atoms with van der Waals surface area (Å²) in [5, 5.41) is 1.19. The van der Waals surface area contributed by atoms with Crippen molar-refractivity contribution < 1.29 is 4.39 Å². The molecule has 1 aliphatic heterocycles. The fourth-order valence-electron chi connectivity index (χ4n) is 3.28. The molecule has 2 heterocycles. The second kappa shape index (κ2) is 6.57. The molecule has 0 amide bonds. The summed E-state index contributed by atoms with van der Waals surface area (Å²) in [5.74, 6) is -0.179. The monoisotopic (exact) mass is 321 g/mol. The third kappa shape index (κ3) is 3.24. The van der Waals surface area contributed by atoms with Gasteiger partial charge in [-0.1, -0.05) is 18.2 Å². The maximum Gasteiger partial charge on any atom is 0.123 e. The lowest BCUT2D eigenvalue weighted by Gasteiger charge is -2.36. The first kappa shape index (κ1) is 15.1. The fourth-order valence-corrected chi connectivity index (χ4v) is 3.28. The molecule has 0 atom stereocenters. The van der Waals surface area contributed by atoms with E-state index in [0.717, 1.165) is 43.9 Å². The average molecular weight is 321 g/mol. The molecule has 0 N–H and O–H groups in total. The van der Waals surface area contributed by atoms with E-state index in [9.17, 15) is 4.39 Å². The van der Waals surface area contributed by atoms with Gasteiger partial charge in [-0.15, -0.1) is 0 Å². The zero-order valence-corrected chi connectivity index (χ0v) is 13.5. The van der Waals surface area contributed by atoms with Crippen molar-refractivity contribution in [2.75, 3.05) is 31.1 Å². The highest BCUT2D eigenvalue weighted by atomic mass is 19.1. The van der Waals surface area contributed by atoms with Crippen LogP contribution in [0.25, 0.3) is 10.9 Å². The summed E-state index contributed by atoms with van der Waals surface area (Å²) in [6.45, 7) is 4.86. The molecule has 3 aromatic rings. The summed E-state index contributed by atoms with van der Waals surface area (Å²) >= 11 is 0. The van der Waals surface area contributed by atoms with Crippen LogP contribution in [-0.4, -0.2) is 36.1 Å². The Balaban J connectivity index is 1.39. The van der Waals surface area contributed by atoms with Gasteiger partial charge in [-0.2, -0.15) is 0 Å². The van der Waals surface area contributed by atoms with Crippen LogP contribution in [0.5, 0.6) is 0 Å². The average Bonchev–Trinajstić information content (AvgIpc) is 2.63. The molecule has 1 fully saturated rings. The lowest BCUT2D eigenvalue weighted by molar-refractivity contribution is 0.249. The summed E-state index contributed by atoms with van der Waals surface area (Å²) in [7, 11) is 0. The Labute approximate surface area is 141 Å². The lowest BCUT2D eigenvalue weighted by atomic mass is 10.1. The molecular formula is C20H20FN3. The summed E-state index contributed by atoms with van der Waals surface area (Å²) in [5.41, 5.74) is 3.40. The zero-order valence-electron chi connectivity index (χ0n) is 13.5. The molecular weight excluding hydrogens is 301 g/mol. The quantitative estimate of drug-likeness (QED) is 0.733. The maximum absolute atomic E-state index is 13.0. The van der Waals surface area contributed by atoms with Crippen molar-refractivity contribution in [3.05, 3.63) is 72.2 Å². The van der Waals surface area contributed by atoms with Gasteiger partial charge in [0.15, 0.2) is 0 Å². The van der Waals surface area contributed by atoms with Gasteiger partial charge >= 0.3 is 0 Å². The maximum atomic E-state index is 13.0. The van der Waals surface area contributed by atoms with E-state index in [1.807, 2.05) is 30.5 Å². The molecule has 4 heteroatoms. The van der Waals surface area contributed by atoms with Gasteiger partial charge in [0.1, 0.15) is 5.82 Å². The molecule has 0 radical (unpaired) electrons. The van der Waals surface area contributed by atoms with Crippen LogP contribution in [0.4, 0.5) is 10.1 Å². The number of nitrogens with zero attached hydrogens (tertiary/aromatic N) is 3. The smallest absolute Gasteiger partial charge is 0.123 e. The van der Waals surface area contributed by atoms with E-state index in [1.165, 1.54) is 23.1 Å². The van der Waals surface area contributed by atoms with Gasteiger partial charge in [-0.05, 0) is 42.0 Å². The number of halogens is 1. The number of hydrogen-bond donors (Lipinski definition) is 0. The van der Waals surface area contributed by atoms with Crippen LogP contribution in [-0.2, 0) is 6.54 Å². The molecule has 2 aromatic carbocycles. The first-order valence-corrected chi connectivity index (χ1v) is 8.34. The van der Waals surface area contributed by atoms with Crippen molar-refractivity contribution >= 4 is 16.6 Å². The fraction of sp³-hybridized carbons (Fsp3) is 0.250. The first-order chi connectivity index (χ1) is 11.8. The third-order valence-corrected chi connectivity index (χ3v) is 4.62. The Kier molecular flexibility index (Phi) is 4.13. The minimum Gasteiger partial charge on any atom is -0.369 e. The molecule has 1 aliphatic rings. The van der Waals surface area contributed by atoms with Crippen molar-refractivity contribution in [2.45, 2.75) is 6.54 Å². The molecule has 4 rings (SSSR count). The van der Waals surface area contributed by atoms with E-state index in [1.54, 1.807) is 0 Å². The standard InChI is InChI=1S/C20H20FN3/c21-18-5-7-19(8-6-18)24-11-9-23(10-12-24)15-16-13-17-3-1-2-4-20(17)22-14-16/h1-8,13-14H,9-12,15H2. The molecule has 0 bridgehead atoms. The number of fused-ring (bicyclic) bond motifs is 1. The summed E-state index contributed by atoms with van der Waals surface area (Å²) < 4.78 is 13.0. The van der Waals surface area contributed by atoms with E-state index >= 15 is 0 Å². The molecule has 122 valence electrons. The first-order valence-electron chi connectivity index (χ1n) is 8.34. The Morgan fingerprint density at radius 3 is 2.46 bits per heavy atom. The predicted molar refractivity (Wildman–Crippen MR) is 95.6 cm³/mol. The van der Waals surface area contributed by atoms with E-state index in [0.29, 0.717) is 0 Å². The number of aromatic nitrogens is 1.